The van der Waals surface area contributed by atoms with Crippen LogP contribution in [0.3, 0.4) is 0 Å². The van der Waals surface area contributed by atoms with Crippen LogP contribution in [0.5, 0.6) is 0 Å². The molecule has 27 heavy (non-hydrogen) atoms. The minimum absolute atomic E-state index is 0.0537. The van der Waals surface area contributed by atoms with Crippen LogP contribution in [0.1, 0.15) is 52.9 Å². The molecule has 0 unspecified atom stereocenters. The molecule has 2 aromatic rings. The summed E-state index contributed by atoms with van der Waals surface area (Å²) in [4.78, 5) is 0. The van der Waals surface area contributed by atoms with E-state index in [1.165, 1.54) is 42.5 Å². The van der Waals surface area contributed by atoms with E-state index >= 15 is 0 Å². The number of hydrogen-bond acceptors (Lipinski definition) is 2. The smallest absolute Gasteiger partial charge is 0.261 e. The minimum Gasteiger partial charge on any atom is -0.403 e. The van der Waals surface area contributed by atoms with Gasteiger partial charge >= 0.3 is 0 Å². The zero-order valence-corrected chi connectivity index (χ0v) is 18.0. The third kappa shape index (κ3) is 3.20. The lowest BCUT2D eigenvalue weighted by atomic mass is 9.93. The molecule has 2 nitrogen and oxygen atoms in total. The van der Waals surface area contributed by atoms with Gasteiger partial charge in [0, 0.05) is 5.54 Å². The highest BCUT2D eigenvalue weighted by Crippen LogP contribution is 2.44. The van der Waals surface area contributed by atoms with Crippen LogP contribution in [0.4, 0.5) is 0 Å². The van der Waals surface area contributed by atoms with E-state index in [0.717, 1.165) is 6.54 Å². The van der Waals surface area contributed by atoms with E-state index in [1.807, 2.05) is 0 Å². The number of hydrogen-bond donors (Lipinski definition) is 1. The highest BCUT2D eigenvalue weighted by Gasteiger charge is 2.55. The molecule has 1 aliphatic heterocycles. The summed E-state index contributed by atoms with van der Waals surface area (Å²) in [6.45, 7) is 8.27. The van der Waals surface area contributed by atoms with Crippen LogP contribution in [-0.4, -0.2) is 26.5 Å². The molecule has 0 aromatic heterocycles. The van der Waals surface area contributed by atoms with Gasteiger partial charge in [0.05, 0.1) is 6.10 Å². The van der Waals surface area contributed by atoms with E-state index in [9.17, 15) is 0 Å². The molecule has 1 spiro atoms. The van der Waals surface area contributed by atoms with Crippen molar-refractivity contribution in [2.75, 3.05) is 6.54 Å². The molecule has 2 fully saturated rings. The van der Waals surface area contributed by atoms with Crippen molar-refractivity contribution < 1.29 is 4.43 Å². The van der Waals surface area contributed by atoms with Gasteiger partial charge < -0.3 is 9.74 Å². The van der Waals surface area contributed by atoms with Crippen molar-refractivity contribution in [2.45, 2.75) is 69.6 Å². The largest absolute Gasteiger partial charge is 0.403 e. The van der Waals surface area contributed by atoms with Gasteiger partial charge in [-0.05, 0) is 54.1 Å². The maximum Gasteiger partial charge on any atom is 0.261 e. The Hall–Kier alpha value is -1.42. The maximum atomic E-state index is 7.45. The molecule has 1 aliphatic carbocycles. The molecule has 0 amide bonds. The molecule has 0 radical (unpaired) electrons. The predicted octanol–water partition coefficient (Wildman–Crippen LogP) is 4.24. The van der Waals surface area contributed by atoms with Gasteiger partial charge in [-0.3, -0.25) is 0 Å². The zero-order valence-electron chi connectivity index (χ0n) is 17.0. The average Bonchev–Trinajstić information content (AvgIpc) is 3.30. The molecule has 0 bridgehead atoms. The molecule has 1 heterocycles. The molecule has 4 rings (SSSR count). The van der Waals surface area contributed by atoms with E-state index in [2.05, 4.69) is 86.8 Å². The summed E-state index contributed by atoms with van der Waals surface area (Å²) in [5, 5.41) is 6.69. The van der Waals surface area contributed by atoms with E-state index in [1.54, 1.807) is 0 Å². The molecular formula is C24H33NOSi. The van der Waals surface area contributed by atoms with Crippen molar-refractivity contribution in [3.05, 3.63) is 60.7 Å². The van der Waals surface area contributed by atoms with Gasteiger partial charge in [0.2, 0.25) is 0 Å². The van der Waals surface area contributed by atoms with Gasteiger partial charge in [0.25, 0.3) is 8.32 Å². The summed E-state index contributed by atoms with van der Waals surface area (Å²) >= 11 is 0. The molecule has 2 atom stereocenters. The molecule has 1 saturated carbocycles. The molecule has 2 aromatic carbocycles. The van der Waals surface area contributed by atoms with Crippen molar-refractivity contribution in [1.29, 1.82) is 0 Å². The number of nitrogens with one attached hydrogen (secondary N) is 1. The Labute approximate surface area is 165 Å². The standard InChI is InChI=1S/C24H33NOSi/c1-23(2,3)27(20-12-6-4-7-13-20,21-14-8-5-9-15-21)26-22-16-10-17-24(22)18-11-19-25-24/h4-9,12-15,22,25H,10-11,16-19H2,1-3H3/t22-,24+/m0/s1. The molecule has 1 saturated heterocycles. The van der Waals surface area contributed by atoms with Gasteiger partial charge in [-0.1, -0.05) is 81.4 Å². The van der Waals surface area contributed by atoms with Crippen LogP contribution in [0.2, 0.25) is 5.04 Å². The number of rotatable bonds is 4. The summed E-state index contributed by atoms with van der Waals surface area (Å²) in [6.07, 6.45) is 6.56. The topological polar surface area (TPSA) is 21.3 Å². The SMILES string of the molecule is CC(C)(C)[Si](O[C@H]1CCC[C@@]12CCCN2)(c1ccccc1)c1ccccc1. The first-order valence-corrected chi connectivity index (χ1v) is 12.4. The van der Waals surface area contributed by atoms with E-state index in [-0.39, 0.29) is 10.6 Å². The third-order valence-corrected chi connectivity index (χ3v) is 11.8. The van der Waals surface area contributed by atoms with Crippen LogP contribution in [0, 0.1) is 0 Å². The van der Waals surface area contributed by atoms with Crippen LogP contribution >= 0.6 is 0 Å². The van der Waals surface area contributed by atoms with E-state index in [4.69, 9.17) is 4.43 Å². The summed E-state index contributed by atoms with van der Waals surface area (Å²) in [7, 11) is -2.45. The highest BCUT2D eigenvalue weighted by molar-refractivity contribution is 6.99. The average molecular weight is 380 g/mol. The lowest BCUT2D eigenvalue weighted by Crippen LogP contribution is -2.69. The molecule has 1 N–H and O–H groups in total. The van der Waals surface area contributed by atoms with Crippen LogP contribution in [0.25, 0.3) is 0 Å². The zero-order chi connectivity index (χ0) is 19.0. The van der Waals surface area contributed by atoms with Crippen molar-refractivity contribution in [1.82, 2.24) is 5.32 Å². The van der Waals surface area contributed by atoms with Crippen LogP contribution in [0.15, 0.2) is 60.7 Å². The lowest BCUT2D eigenvalue weighted by molar-refractivity contribution is 0.111. The van der Waals surface area contributed by atoms with Crippen LogP contribution in [-0.2, 0) is 4.43 Å². The normalized spacial score (nSPS) is 26.0. The summed E-state index contributed by atoms with van der Waals surface area (Å²) < 4.78 is 7.45. The fourth-order valence-electron chi connectivity index (χ4n) is 5.43. The second-order valence-corrected chi connectivity index (χ2v) is 13.6. The Bertz CT molecular complexity index is 702. The Balaban J connectivity index is 1.85. The number of benzene rings is 2. The minimum atomic E-state index is -2.45. The van der Waals surface area contributed by atoms with Crippen LogP contribution < -0.4 is 15.7 Å². The Kier molecular flexibility index (Phi) is 5.04. The summed E-state index contributed by atoms with van der Waals surface area (Å²) in [5.74, 6) is 0. The first-order chi connectivity index (χ1) is 13.0. The summed E-state index contributed by atoms with van der Waals surface area (Å²) in [6, 6.07) is 22.1. The Morgan fingerprint density at radius 1 is 0.889 bits per heavy atom. The second kappa shape index (κ2) is 7.19. The van der Waals surface area contributed by atoms with E-state index in [0.29, 0.717) is 6.10 Å². The van der Waals surface area contributed by atoms with Gasteiger partial charge in [-0.2, -0.15) is 0 Å². The molecule has 2 aliphatic rings. The fraction of sp³-hybridized carbons (Fsp3) is 0.500. The van der Waals surface area contributed by atoms with Gasteiger partial charge in [-0.25, -0.2) is 0 Å². The molecule has 3 heteroatoms. The quantitative estimate of drug-likeness (QED) is 0.803. The van der Waals surface area contributed by atoms with Crippen molar-refractivity contribution in [3.63, 3.8) is 0 Å². The van der Waals surface area contributed by atoms with Crippen molar-refractivity contribution in [3.8, 4) is 0 Å². The van der Waals surface area contributed by atoms with Gasteiger partial charge in [-0.15, -0.1) is 0 Å². The monoisotopic (exact) mass is 379 g/mol. The molecular weight excluding hydrogens is 346 g/mol. The molecule has 144 valence electrons. The highest BCUT2D eigenvalue weighted by atomic mass is 28.4. The van der Waals surface area contributed by atoms with Crippen molar-refractivity contribution in [2.24, 2.45) is 0 Å². The first-order valence-electron chi connectivity index (χ1n) is 10.5. The first kappa shape index (κ1) is 18.9. The van der Waals surface area contributed by atoms with Gasteiger partial charge in [0.15, 0.2) is 0 Å². The third-order valence-electron chi connectivity index (χ3n) is 6.72. The Morgan fingerprint density at radius 3 is 1.93 bits per heavy atom. The van der Waals surface area contributed by atoms with Crippen molar-refractivity contribution >= 4 is 18.7 Å². The maximum absolute atomic E-state index is 7.45. The van der Waals surface area contributed by atoms with E-state index < -0.39 is 8.32 Å². The summed E-state index contributed by atoms with van der Waals surface area (Å²) in [5.41, 5.74) is 0.201. The predicted molar refractivity (Wildman–Crippen MR) is 116 cm³/mol. The Morgan fingerprint density at radius 2 is 1.44 bits per heavy atom. The lowest BCUT2D eigenvalue weighted by Gasteiger charge is -2.47. The van der Waals surface area contributed by atoms with Gasteiger partial charge in [0.1, 0.15) is 0 Å². The fourth-order valence-corrected chi connectivity index (χ4v) is 10.2. The second-order valence-electron chi connectivity index (χ2n) is 9.35.